The summed E-state index contributed by atoms with van der Waals surface area (Å²) >= 11 is 11.7. The van der Waals surface area contributed by atoms with Gasteiger partial charge in [0.2, 0.25) is 0 Å². The van der Waals surface area contributed by atoms with Crippen molar-refractivity contribution in [2.75, 3.05) is 23.3 Å². The molecule has 0 spiro atoms. The Hall–Kier alpha value is -2.31. The van der Waals surface area contributed by atoms with Crippen LogP contribution in [-0.4, -0.2) is 30.2 Å². The first-order valence-electron chi connectivity index (χ1n) is 9.90. The number of hydrogen-bond donors (Lipinski definition) is 2. The summed E-state index contributed by atoms with van der Waals surface area (Å²) in [4.78, 5) is 14.7. The molecule has 2 N–H and O–H groups in total. The molecule has 1 aliphatic heterocycles. The molecule has 3 rings (SSSR count). The average molecular weight is 432 g/mol. The van der Waals surface area contributed by atoms with Crippen molar-refractivity contribution in [3.8, 4) is 5.75 Å². The number of carbonyl (C=O) groups is 1. The van der Waals surface area contributed by atoms with Gasteiger partial charge in [-0.05, 0) is 80.9 Å². The van der Waals surface area contributed by atoms with Crippen LogP contribution in [0.1, 0.15) is 43.5 Å². The molecule has 1 fully saturated rings. The predicted molar refractivity (Wildman–Crippen MR) is 123 cm³/mol. The lowest BCUT2D eigenvalue weighted by molar-refractivity contribution is 0.0977. The third kappa shape index (κ3) is 5.84. The molecule has 1 atom stereocenters. The minimum Gasteiger partial charge on any atom is -0.491 e. The quantitative estimate of drug-likeness (QED) is 0.612. The van der Waals surface area contributed by atoms with E-state index in [9.17, 15) is 4.79 Å². The number of rotatable bonds is 6. The third-order valence-electron chi connectivity index (χ3n) is 4.91. The van der Waals surface area contributed by atoms with E-state index in [4.69, 9.17) is 28.6 Å². The molecule has 0 radical (unpaired) electrons. The van der Waals surface area contributed by atoms with Gasteiger partial charge in [0.25, 0.3) is 5.91 Å². The van der Waals surface area contributed by atoms with Crippen LogP contribution in [0.2, 0.25) is 5.02 Å². The molecule has 0 bridgehead atoms. The summed E-state index contributed by atoms with van der Waals surface area (Å²) in [5.41, 5.74) is 2.28. The van der Waals surface area contributed by atoms with E-state index in [2.05, 4.69) is 22.5 Å². The molecule has 154 valence electrons. The number of nitrogens with zero attached hydrogens (tertiary/aromatic N) is 1. The maximum atomic E-state index is 12.4. The minimum atomic E-state index is -0.280. The highest BCUT2D eigenvalue weighted by atomic mass is 35.5. The summed E-state index contributed by atoms with van der Waals surface area (Å²) in [6, 6.07) is 12.7. The number of anilines is 2. The first-order chi connectivity index (χ1) is 14.0. The van der Waals surface area contributed by atoms with Gasteiger partial charge in [0.05, 0.1) is 16.8 Å². The molecule has 2 aromatic carbocycles. The Bertz CT molecular complexity index is 867. The number of hydrogen-bond acceptors (Lipinski definition) is 4. The van der Waals surface area contributed by atoms with E-state index in [-0.39, 0.29) is 17.1 Å². The Morgan fingerprint density at radius 1 is 1.21 bits per heavy atom. The fourth-order valence-electron chi connectivity index (χ4n) is 3.14. The topological polar surface area (TPSA) is 53.6 Å². The van der Waals surface area contributed by atoms with Crippen molar-refractivity contribution >= 4 is 46.2 Å². The number of halogens is 1. The Labute approximate surface area is 182 Å². The number of nitrogens with one attached hydrogen (secondary N) is 2. The number of ether oxygens (including phenoxy) is 1. The zero-order chi connectivity index (χ0) is 20.8. The molecule has 1 aliphatic rings. The summed E-state index contributed by atoms with van der Waals surface area (Å²) in [7, 11) is 0. The van der Waals surface area contributed by atoms with Gasteiger partial charge in [0.15, 0.2) is 5.11 Å². The highest BCUT2D eigenvalue weighted by molar-refractivity contribution is 7.80. The van der Waals surface area contributed by atoms with Crippen LogP contribution in [0.15, 0.2) is 42.5 Å². The molecular weight excluding hydrogens is 406 g/mol. The molecule has 7 heteroatoms. The molecule has 29 heavy (non-hydrogen) atoms. The van der Waals surface area contributed by atoms with Crippen LogP contribution in [0.4, 0.5) is 11.4 Å². The normalized spacial score (nSPS) is 14.4. The van der Waals surface area contributed by atoms with Gasteiger partial charge in [-0.25, -0.2) is 0 Å². The standard InChI is InChI=1S/C22H26ClN3O2S/c1-3-15(2)28-18-9-6-16(7-10-18)21(27)25-22(29)24-17-8-11-20(19(23)14-17)26-12-4-5-13-26/h6-11,14-15H,3-5,12-13H2,1-2H3,(H2,24,25,27,29). The highest BCUT2D eigenvalue weighted by Gasteiger charge is 2.16. The molecule has 1 saturated heterocycles. The van der Waals surface area contributed by atoms with Gasteiger partial charge in [-0.1, -0.05) is 18.5 Å². The van der Waals surface area contributed by atoms with Gasteiger partial charge in [-0.15, -0.1) is 0 Å². The van der Waals surface area contributed by atoms with Crippen molar-refractivity contribution in [3.05, 3.63) is 53.1 Å². The van der Waals surface area contributed by atoms with E-state index >= 15 is 0 Å². The lowest BCUT2D eigenvalue weighted by atomic mass is 10.2. The van der Waals surface area contributed by atoms with Gasteiger partial charge in [-0.3, -0.25) is 10.1 Å². The zero-order valence-electron chi connectivity index (χ0n) is 16.7. The molecule has 5 nitrogen and oxygen atoms in total. The van der Waals surface area contributed by atoms with Crippen LogP contribution in [0, 0.1) is 0 Å². The van der Waals surface area contributed by atoms with Crippen molar-refractivity contribution < 1.29 is 9.53 Å². The Kier molecular flexibility index (Phi) is 7.34. The van der Waals surface area contributed by atoms with Gasteiger partial charge in [0.1, 0.15) is 5.75 Å². The lowest BCUT2D eigenvalue weighted by Gasteiger charge is -2.20. The number of amides is 1. The molecule has 0 saturated carbocycles. The SMILES string of the molecule is CCC(C)Oc1ccc(C(=O)NC(=S)Nc2ccc(N3CCCC3)c(Cl)c2)cc1. The van der Waals surface area contributed by atoms with Crippen molar-refractivity contribution in [3.63, 3.8) is 0 Å². The molecule has 0 aromatic heterocycles. The maximum Gasteiger partial charge on any atom is 0.257 e. The second-order valence-electron chi connectivity index (χ2n) is 7.13. The first kappa shape index (κ1) is 21.4. The number of benzene rings is 2. The molecule has 1 amide bonds. The number of carbonyl (C=O) groups excluding carboxylic acids is 1. The van der Waals surface area contributed by atoms with Gasteiger partial charge in [0, 0.05) is 24.3 Å². The minimum absolute atomic E-state index is 0.134. The van der Waals surface area contributed by atoms with Crippen molar-refractivity contribution in [1.29, 1.82) is 0 Å². The van der Waals surface area contributed by atoms with Gasteiger partial charge >= 0.3 is 0 Å². The van der Waals surface area contributed by atoms with E-state index < -0.39 is 0 Å². The van der Waals surface area contributed by atoms with Crippen LogP contribution >= 0.6 is 23.8 Å². The van der Waals surface area contributed by atoms with Crippen molar-refractivity contribution in [1.82, 2.24) is 5.32 Å². The average Bonchev–Trinajstić information content (AvgIpc) is 3.22. The Morgan fingerprint density at radius 2 is 1.90 bits per heavy atom. The molecule has 0 aliphatic carbocycles. The summed E-state index contributed by atoms with van der Waals surface area (Å²) in [5.74, 6) is 0.460. The van der Waals surface area contributed by atoms with Crippen LogP contribution in [-0.2, 0) is 0 Å². The van der Waals surface area contributed by atoms with E-state index in [1.807, 2.05) is 25.1 Å². The molecule has 1 unspecified atom stereocenters. The van der Waals surface area contributed by atoms with E-state index in [0.717, 1.165) is 36.6 Å². The van der Waals surface area contributed by atoms with Crippen LogP contribution in [0.3, 0.4) is 0 Å². The van der Waals surface area contributed by atoms with Crippen molar-refractivity contribution in [2.24, 2.45) is 0 Å². The predicted octanol–water partition coefficient (Wildman–Crippen LogP) is 5.24. The Balaban J connectivity index is 1.56. The third-order valence-corrected chi connectivity index (χ3v) is 5.41. The maximum absolute atomic E-state index is 12.4. The first-order valence-corrected chi connectivity index (χ1v) is 10.7. The van der Waals surface area contributed by atoms with E-state index in [0.29, 0.717) is 10.6 Å². The van der Waals surface area contributed by atoms with E-state index in [1.54, 1.807) is 24.3 Å². The Morgan fingerprint density at radius 3 is 2.52 bits per heavy atom. The molecule has 1 heterocycles. The summed E-state index contributed by atoms with van der Waals surface area (Å²) < 4.78 is 5.73. The number of thiocarbonyl (C=S) groups is 1. The molecular formula is C22H26ClN3O2S. The zero-order valence-corrected chi connectivity index (χ0v) is 18.3. The van der Waals surface area contributed by atoms with Crippen LogP contribution < -0.4 is 20.3 Å². The van der Waals surface area contributed by atoms with Crippen molar-refractivity contribution in [2.45, 2.75) is 39.2 Å². The lowest BCUT2D eigenvalue weighted by Crippen LogP contribution is -2.34. The monoisotopic (exact) mass is 431 g/mol. The summed E-state index contributed by atoms with van der Waals surface area (Å²) in [6.45, 7) is 6.13. The van der Waals surface area contributed by atoms with E-state index in [1.165, 1.54) is 12.8 Å². The fraction of sp³-hybridized carbons (Fsp3) is 0.364. The summed E-state index contributed by atoms with van der Waals surface area (Å²) in [5, 5.41) is 6.60. The second-order valence-corrected chi connectivity index (χ2v) is 7.95. The van der Waals surface area contributed by atoms with Crippen LogP contribution in [0.25, 0.3) is 0 Å². The van der Waals surface area contributed by atoms with Gasteiger partial charge in [-0.2, -0.15) is 0 Å². The van der Waals surface area contributed by atoms with Crippen LogP contribution in [0.5, 0.6) is 5.75 Å². The molecule has 2 aromatic rings. The summed E-state index contributed by atoms with van der Waals surface area (Å²) in [6.07, 6.45) is 3.44. The van der Waals surface area contributed by atoms with Gasteiger partial charge < -0.3 is 15.0 Å². The fourth-order valence-corrected chi connectivity index (χ4v) is 3.65. The largest absolute Gasteiger partial charge is 0.491 e. The highest BCUT2D eigenvalue weighted by Crippen LogP contribution is 2.31. The smallest absolute Gasteiger partial charge is 0.257 e. The second kappa shape index (κ2) is 9.94.